The van der Waals surface area contributed by atoms with Crippen LogP contribution in [-0.4, -0.2) is 49.3 Å². The zero-order chi connectivity index (χ0) is 17.4. The van der Waals surface area contributed by atoms with E-state index in [1.165, 1.54) is 0 Å². The van der Waals surface area contributed by atoms with Crippen LogP contribution >= 0.6 is 12.4 Å². The minimum Gasteiger partial charge on any atom is -0.492 e. The molecule has 5 nitrogen and oxygen atoms in total. The van der Waals surface area contributed by atoms with Crippen molar-refractivity contribution in [1.29, 1.82) is 0 Å². The Balaban J connectivity index is 0.00000225. The van der Waals surface area contributed by atoms with Crippen molar-refractivity contribution in [2.45, 2.75) is 38.3 Å². The summed E-state index contributed by atoms with van der Waals surface area (Å²) >= 11 is 0. The number of halogens is 1. The Kier molecular flexibility index (Phi) is 6.02. The molecule has 0 radical (unpaired) electrons. The number of para-hydroxylation sites is 1. The van der Waals surface area contributed by atoms with Crippen LogP contribution in [0.3, 0.4) is 0 Å². The van der Waals surface area contributed by atoms with Crippen molar-refractivity contribution in [3.63, 3.8) is 0 Å². The number of amides is 1. The molecule has 1 aliphatic heterocycles. The average molecular weight is 369 g/mol. The molecule has 1 saturated carbocycles. The molecule has 1 heterocycles. The number of hydrogen-bond acceptors (Lipinski definition) is 4. The Morgan fingerprint density at radius 2 is 2.04 bits per heavy atom. The average Bonchev–Trinajstić information content (AvgIpc) is 2.61. The lowest BCUT2D eigenvalue weighted by Gasteiger charge is -2.65. The van der Waals surface area contributed by atoms with Gasteiger partial charge in [0.1, 0.15) is 17.9 Å². The van der Waals surface area contributed by atoms with Gasteiger partial charge in [-0.1, -0.05) is 32.0 Å². The third-order valence-corrected chi connectivity index (χ3v) is 5.82. The summed E-state index contributed by atoms with van der Waals surface area (Å²) in [6.45, 7) is 5.83. The van der Waals surface area contributed by atoms with Gasteiger partial charge in [0.05, 0.1) is 12.6 Å². The second kappa shape index (κ2) is 7.52. The highest BCUT2D eigenvalue weighted by Gasteiger charge is 2.70. The largest absolute Gasteiger partial charge is 0.492 e. The molecule has 1 aromatic carbocycles. The Hall–Kier alpha value is -1.30. The molecule has 0 aromatic heterocycles. The van der Waals surface area contributed by atoms with Crippen molar-refractivity contribution in [3.8, 4) is 5.75 Å². The molecule has 140 valence electrons. The number of benzene rings is 1. The van der Waals surface area contributed by atoms with Crippen molar-refractivity contribution in [2.24, 2.45) is 17.1 Å². The van der Waals surface area contributed by atoms with Crippen LogP contribution in [0.5, 0.6) is 5.75 Å². The first-order valence-corrected chi connectivity index (χ1v) is 8.73. The molecule has 0 spiro atoms. The maximum absolute atomic E-state index is 13.0. The van der Waals surface area contributed by atoms with Crippen LogP contribution in [0.2, 0.25) is 0 Å². The van der Waals surface area contributed by atoms with Crippen molar-refractivity contribution >= 4 is 18.3 Å². The SMILES string of the molecule is CN(CCOc1ccccc1)C(=O)C1(N)C2CCCOC2C1(C)C.Cl. The molecule has 0 bridgehead atoms. The number of rotatable bonds is 5. The van der Waals surface area contributed by atoms with E-state index >= 15 is 0 Å². The van der Waals surface area contributed by atoms with E-state index in [9.17, 15) is 4.79 Å². The highest BCUT2D eigenvalue weighted by atomic mass is 35.5. The standard InChI is InChI=1S/C19H28N2O3.ClH/c1-18(2)16-15(10-7-12-24-16)19(18,20)17(22)21(3)11-13-23-14-8-5-4-6-9-14;/h4-6,8-9,15-16H,7,10-13,20H2,1-3H3;1H. The summed E-state index contributed by atoms with van der Waals surface area (Å²) in [5.74, 6) is 0.924. The number of carbonyl (C=O) groups is 1. The van der Waals surface area contributed by atoms with Crippen molar-refractivity contribution in [2.75, 3.05) is 26.8 Å². The summed E-state index contributed by atoms with van der Waals surface area (Å²) in [4.78, 5) is 14.8. The summed E-state index contributed by atoms with van der Waals surface area (Å²) < 4.78 is 11.6. The number of likely N-dealkylation sites (N-methyl/N-ethyl adjacent to an activating group) is 1. The lowest BCUT2D eigenvalue weighted by Crippen LogP contribution is -2.82. The Morgan fingerprint density at radius 3 is 2.72 bits per heavy atom. The van der Waals surface area contributed by atoms with E-state index in [4.69, 9.17) is 15.2 Å². The number of nitrogens with two attached hydrogens (primary N) is 1. The predicted molar refractivity (Wildman–Crippen MR) is 100.0 cm³/mol. The lowest BCUT2D eigenvalue weighted by atomic mass is 9.46. The van der Waals surface area contributed by atoms with E-state index < -0.39 is 5.54 Å². The van der Waals surface area contributed by atoms with E-state index in [2.05, 4.69) is 0 Å². The van der Waals surface area contributed by atoms with Crippen LogP contribution in [0.25, 0.3) is 0 Å². The monoisotopic (exact) mass is 368 g/mol. The highest BCUT2D eigenvalue weighted by molar-refractivity contribution is 5.89. The molecular formula is C19H29ClN2O3. The third-order valence-electron chi connectivity index (χ3n) is 5.82. The predicted octanol–water partition coefficient (Wildman–Crippen LogP) is 2.48. The summed E-state index contributed by atoms with van der Waals surface area (Å²) in [6, 6.07) is 9.62. The fraction of sp³-hybridized carbons (Fsp3) is 0.632. The maximum atomic E-state index is 13.0. The molecule has 2 aliphatic rings. The van der Waals surface area contributed by atoms with Crippen molar-refractivity contribution < 1.29 is 14.3 Å². The molecule has 1 aromatic rings. The Bertz CT molecular complexity index is 596. The van der Waals surface area contributed by atoms with Gasteiger partial charge in [0.2, 0.25) is 5.91 Å². The fourth-order valence-electron chi connectivity index (χ4n) is 4.24. The van der Waals surface area contributed by atoms with Crippen LogP contribution in [-0.2, 0) is 9.53 Å². The van der Waals surface area contributed by atoms with Crippen LogP contribution in [0.4, 0.5) is 0 Å². The summed E-state index contributed by atoms with van der Waals surface area (Å²) in [5, 5.41) is 0. The zero-order valence-electron chi connectivity index (χ0n) is 15.2. The van der Waals surface area contributed by atoms with E-state index in [-0.39, 0.29) is 35.8 Å². The molecular weight excluding hydrogens is 340 g/mol. The van der Waals surface area contributed by atoms with Crippen LogP contribution in [0.15, 0.2) is 30.3 Å². The second-order valence-electron chi connectivity index (χ2n) is 7.52. The van der Waals surface area contributed by atoms with E-state index in [0.717, 1.165) is 25.2 Å². The Morgan fingerprint density at radius 1 is 1.36 bits per heavy atom. The molecule has 3 unspecified atom stereocenters. The van der Waals surface area contributed by atoms with Gasteiger partial charge in [0.25, 0.3) is 0 Å². The van der Waals surface area contributed by atoms with Crippen LogP contribution in [0, 0.1) is 11.3 Å². The molecule has 1 saturated heterocycles. The molecule has 1 amide bonds. The molecule has 6 heteroatoms. The summed E-state index contributed by atoms with van der Waals surface area (Å²) in [7, 11) is 1.80. The van der Waals surface area contributed by atoms with Gasteiger partial charge in [-0.15, -0.1) is 12.4 Å². The normalized spacial score (nSPS) is 29.6. The maximum Gasteiger partial charge on any atom is 0.243 e. The minimum atomic E-state index is -0.848. The molecule has 2 fully saturated rings. The fourth-order valence-corrected chi connectivity index (χ4v) is 4.24. The van der Waals surface area contributed by atoms with Crippen LogP contribution < -0.4 is 10.5 Å². The number of nitrogens with zero attached hydrogens (tertiary/aromatic N) is 1. The zero-order valence-corrected chi connectivity index (χ0v) is 16.1. The molecule has 3 atom stereocenters. The lowest BCUT2D eigenvalue weighted by molar-refractivity contribution is -0.229. The molecule has 1 aliphatic carbocycles. The van der Waals surface area contributed by atoms with Gasteiger partial charge in [0, 0.05) is 25.0 Å². The first-order chi connectivity index (χ1) is 11.4. The van der Waals surface area contributed by atoms with Gasteiger partial charge in [-0.05, 0) is 25.0 Å². The number of ether oxygens (including phenoxy) is 2. The first kappa shape index (κ1) is 20.0. The quantitative estimate of drug-likeness (QED) is 0.867. The van der Waals surface area contributed by atoms with Gasteiger partial charge in [-0.25, -0.2) is 0 Å². The minimum absolute atomic E-state index is 0. The second-order valence-corrected chi connectivity index (χ2v) is 7.52. The first-order valence-electron chi connectivity index (χ1n) is 8.73. The third kappa shape index (κ3) is 3.25. The van der Waals surface area contributed by atoms with E-state index in [0.29, 0.717) is 13.2 Å². The highest BCUT2D eigenvalue weighted by Crippen LogP contribution is 2.57. The number of carbonyl (C=O) groups excluding carboxylic acids is 1. The van der Waals surface area contributed by atoms with Gasteiger partial charge in [0.15, 0.2) is 0 Å². The topological polar surface area (TPSA) is 64.8 Å². The molecule has 3 rings (SSSR count). The summed E-state index contributed by atoms with van der Waals surface area (Å²) in [6.07, 6.45) is 2.03. The summed E-state index contributed by atoms with van der Waals surface area (Å²) in [5.41, 5.74) is 5.46. The van der Waals surface area contributed by atoms with Crippen LogP contribution in [0.1, 0.15) is 26.7 Å². The van der Waals surface area contributed by atoms with Crippen molar-refractivity contribution in [1.82, 2.24) is 4.90 Å². The van der Waals surface area contributed by atoms with Gasteiger partial charge >= 0.3 is 0 Å². The molecule has 25 heavy (non-hydrogen) atoms. The smallest absolute Gasteiger partial charge is 0.243 e. The van der Waals surface area contributed by atoms with Gasteiger partial charge in [-0.3, -0.25) is 4.79 Å². The Labute approximate surface area is 156 Å². The van der Waals surface area contributed by atoms with Crippen molar-refractivity contribution in [3.05, 3.63) is 30.3 Å². The van der Waals surface area contributed by atoms with Gasteiger partial charge in [-0.2, -0.15) is 0 Å². The number of hydrogen-bond donors (Lipinski definition) is 1. The van der Waals surface area contributed by atoms with E-state index in [1.807, 2.05) is 44.2 Å². The van der Waals surface area contributed by atoms with E-state index in [1.54, 1.807) is 11.9 Å². The number of fused-ring (bicyclic) bond motifs is 1. The van der Waals surface area contributed by atoms with Gasteiger partial charge < -0.3 is 20.1 Å². The molecule has 2 N–H and O–H groups in total.